The molecule has 1 saturated heterocycles. The van der Waals surface area contributed by atoms with Gasteiger partial charge in [-0.3, -0.25) is 0 Å². The first-order chi connectivity index (χ1) is 10.9. The molecule has 1 atom stereocenters. The Kier molecular flexibility index (Phi) is 7.19. The first kappa shape index (κ1) is 18.6. The fraction of sp³-hybridized carbons (Fsp3) is 0.947. The van der Waals surface area contributed by atoms with E-state index >= 15 is 0 Å². The van der Waals surface area contributed by atoms with Gasteiger partial charge in [-0.1, -0.05) is 25.7 Å². The normalized spacial score (nSPS) is 23.8. The van der Waals surface area contributed by atoms with E-state index in [-0.39, 0.29) is 6.09 Å². The van der Waals surface area contributed by atoms with Crippen LogP contribution < -0.4 is 5.32 Å². The first-order valence-corrected chi connectivity index (χ1v) is 9.63. The van der Waals surface area contributed by atoms with Crippen LogP contribution in [0.25, 0.3) is 0 Å². The first-order valence-electron chi connectivity index (χ1n) is 9.63. The number of rotatable bonds is 5. The van der Waals surface area contributed by atoms with E-state index < -0.39 is 5.60 Å². The molecule has 134 valence electrons. The lowest BCUT2D eigenvalue weighted by molar-refractivity contribution is 0.0287. The summed E-state index contributed by atoms with van der Waals surface area (Å²) in [5, 5.41) is 3.66. The Hall–Kier alpha value is -0.770. The fourth-order valence-corrected chi connectivity index (χ4v) is 3.74. The number of carbonyl (C=O) groups excluding carboxylic acids is 1. The van der Waals surface area contributed by atoms with Gasteiger partial charge >= 0.3 is 6.09 Å². The van der Waals surface area contributed by atoms with Crippen LogP contribution >= 0.6 is 0 Å². The predicted molar refractivity (Wildman–Crippen MR) is 94.6 cm³/mol. The van der Waals surface area contributed by atoms with Crippen molar-refractivity contribution in [3.8, 4) is 0 Å². The highest BCUT2D eigenvalue weighted by Gasteiger charge is 2.29. The van der Waals surface area contributed by atoms with Crippen molar-refractivity contribution >= 4 is 6.09 Å². The molecule has 4 nitrogen and oxygen atoms in total. The van der Waals surface area contributed by atoms with Crippen molar-refractivity contribution in [1.82, 2.24) is 10.2 Å². The van der Waals surface area contributed by atoms with Crippen LogP contribution in [0.1, 0.15) is 72.1 Å². The molecule has 0 spiro atoms. The Morgan fingerprint density at radius 2 is 1.78 bits per heavy atom. The standard InChI is InChI=1S/C19H36N2O2/c1-19(2,3)23-18(22)21-13-11-17(15-21)10-12-20-14-16-8-6-4-5-7-9-16/h16-17,20H,4-15H2,1-3H3. The van der Waals surface area contributed by atoms with Crippen LogP contribution in [0.4, 0.5) is 4.79 Å². The quantitative estimate of drug-likeness (QED) is 0.609. The van der Waals surface area contributed by atoms with Crippen molar-refractivity contribution < 1.29 is 9.53 Å². The molecule has 2 fully saturated rings. The van der Waals surface area contributed by atoms with Crippen LogP contribution in [0.5, 0.6) is 0 Å². The third kappa shape index (κ3) is 7.11. The van der Waals surface area contributed by atoms with E-state index in [1.54, 1.807) is 0 Å². The van der Waals surface area contributed by atoms with Gasteiger partial charge in [-0.25, -0.2) is 4.79 Å². The summed E-state index contributed by atoms with van der Waals surface area (Å²) in [7, 11) is 0. The van der Waals surface area contributed by atoms with Crippen LogP contribution in [-0.2, 0) is 4.74 Å². The van der Waals surface area contributed by atoms with Gasteiger partial charge in [-0.05, 0) is 71.4 Å². The van der Waals surface area contributed by atoms with Gasteiger partial charge in [0.2, 0.25) is 0 Å². The number of hydrogen-bond acceptors (Lipinski definition) is 3. The topological polar surface area (TPSA) is 41.6 Å². The minimum atomic E-state index is -0.393. The molecule has 1 aliphatic carbocycles. The second-order valence-corrected chi connectivity index (χ2v) is 8.43. The third-order valence-corrected chi connectivity index (χ3v) is 5.07. The summed E-state index contributed by atoms with van der Waals surface area (Å²) in [5.74, 6) is 1.52. The zero-order valence-electron chi connectivity index (χ0n) is 15.4. The summed E-state index contributed by atoms with van der Waals surface area (Å²) in [6.45, 7) is 9.76. The van der Waals surface area contributed by atoms with E-state index in [1.165, 1.54) is 51.5 Å². The highest BCUT2D eigenvalue weighted by Crippen LogP contribution is 2.23. The van der Waals surface area contributed by atoms with Gasteiger partial charge in [0.05, 0.1) is 0 Å². The van der Waals surface area contributed by atoms with Gasteiger partial charge in [0.25, 0.3) is 0 Å². The van der Waals surface area contributed by atoms with Gasteiger partial charge in [0, 0.05) is 13.1 Å². The second kappa shape index (κ2) is 8.91. The van der Waals surface area contributed by atoms with Crippen LogP contribution in [0.15, 0.2) is 0 Å². The van der Waals surface area contributed by atoms with Crippen molar-refractivity contribution in [2.45, 2.75) is 77.7 Å². The Bertz CT molecular complexity index is 357. The molecule has 1 heterocycles. The lowest BCUT2D eigenvalue weighted by Crippen LogP contribution is -2.35. The largest absolute Gasteiger partial charge is 0.444 e. The van der Waals surface area contributed by atoms with E-state index in [4.69, 9.17) is 4.74 Å². The summed E-state index contributed by atoms with van der Waals surface area (Å²) < 4.78 is 5.46. The number of nitrogens with one attached hydrogen (secondary N) is 1. The van der Waals surface area contributed by atoms with Crippen LogP contribution in [0, 0.1) is 11.8 Å². The maximum absolute atomic E-state index is 12.1. The molecule has 1 N–H and O–H groups in total. The molecule has 1 saturated carbocycles. The number of ether oxygens (including phenoxy) is 1. The number of likely N-dealkylation sites (tertiary alicyclic amines) is 1. The highest BCUT2D eigenvalue weighted by molar-refractivity contribution is 5.68. The smallest absolute Gasteiger partial charge is 0.410 e. The Morgan fingerprint density at radius 3 is 2.43 bits per heavy atom. The average Bonchev–Trinajstić information content (AvgIpc) is 2.78. The summed E-state index contributed by atoms with van der Waals surface area (Å²) in [6, 6.07) is 0. The van der Waals surface area contributed by atoms with Gasteiger partial charge in [-0.2, -0.15) is 0 Å². The van der Waals surface area contributed by atoms with Crippen LogP contribution in [0.2, 0.25) is 0 Å². The van der Waals surface area contributed by atoms with E-state index in [2.05, 4.69) is 5.32 Å². The molecule has 1 amide bonds. The fourth-order valence-electron chi connectivity index (χ4n) is 3.74. The lowest BCUT2D eigenvalue weighted by Gasteiger charge is -2.24. The maximum Gasteiger partial charge on any atom is 0.410 e. The molecule has 2 rings (SSSR count). The third-order valence-electron chi connectivity index (χ3n) is 5.07. The van der Waals surface area contributed by atoms with Crippen LogP contribution in [-0.4, -0.2) is 42.8 Å². The van der Waals surface area contributed by atoms with E-state index in [0.29, 0.717) is 5.92 Å². The van der Waals surface area contributed by atoms with E-state index in [9.17, 15) is 4.79 Å². The number of amides is 1. The van der Waals surface area contributed by atoms with E-state index in [0.717, 1.165) is 32.0 Å². The Morgan fingerprint density at radius 1 is 1.09 bits per heavy atom. The highest BCUT2D eigenvalue weighted by atomic mass is 16.6. The molecule has 0 aromatic heterocycles. The summed E-state index contributed by atoms with van der Waals surface area (Å²) in [6.07, 6.45) is 10.6. The number of carbonyl (C=O) groups is 1. The molecular formula is C19H36N2O2. The molecule has 0 radical (unpaired) electrons. The number of hydrogen-bond donors (Lipinski definition) is 1. The van der Waals surface area contributed by atoms with Crippen molar-refractivity contribution in [1.29, 1.82) is 0 Å². The van der Waals surface area contributed by atoms with Crippen molar-refractivity contribution in [2.75, 3.05) is 26.2 Å². The molecule has 1 aliphatic heterocycles. The molecule has 1 unspecified atom stereocenters. The zero-order valence-corrected chi connectivity index (χ0v) is 15.4. The minimum Gasteiger partial charge on any atom is -0.444 e. The molecule has 0 aromatic carbocycles. The predicted octanol–water partition coefficient (Wildman–Crippen LogP) is 4.19. The van der Waals surface area contributed by atoms with Gasteiger partial charge in [0.15, 0.2) is 0 Å². The van der Waals surface area contributed by atoms with Crippen molar-refractivity contribution in [3.63, 3.8) is 0 Å². The molecule has 23 heavy (non-hydrogen) atoms. The molecule has 2 aliphatic rings. The molecule has 0 bridgehead atoms. The SMILES string of the molecule is CC(C)(C)OC(=O)N1CCC(CCNCC2CCCCCC2)C1. The Balaban J connectivity index is 1.57. The molecule has 0 aromatic rings. The van der Waals surface area contributed by atoms with Gasteiger partial charge < -0.3 is 15.0 Å². The average molecular weight is 325 g/mol. The monoisotopic (exact) mass is 324 g/mol. The van der Waals surface area contributed by atoms with Crippen LogP contribution in [0.3, 0.4) is 0 Å². The summed E-state index contributed by atoms with van der Waals surface area (Å²) in [4.78, 5) is 13.9. The van der Waals surface area contributed by atoms with E-state index in [1.807, 2.05) is 25.7 Å². The summed E-state index contributed by atoms with van der Waals surface area (Å²) in [5.41, 5.74) is -0.393. The van der Waals surface area contributed by atoms with Crippen molar-refractivity contribution in [3.05, 3.63) is 0 Å². The molecule has 4 heteroatoms. The molecular weight excluding hydrogens is 288 g/mol. The summed E-state index contributed by atoms with van der Waals surface area (Å²) >= 11 is 0. The minimum absolute atomic E-state index is 0.147. The zero-order chi connectivity index (χ0) is 16.7. The Labute approximate surface area is 142 Å². The van der Waals surface area contributed by atoms with Gasteiger partial charge in [0.1, 0.15) is 5.60 Å². The second-order valence-electron chi connectivity index (χ2n) is 8.43. The maximum atomic E-state index is 12.1. The number of nitrogens with zero attached hydrogens (tertiary/aromatic N) is 1. The van der Waals surface area contributed by atoms with Crippen molar-refractivity contribution in [2.24, 2.45) is 11.8 Å². The van der Waals surface area contributed by atoms with Gasteiger partial charge in [-0.15, -0.1) is 0 Å². The lowest BCUT2D eigenvalue weighted by atomic mass is 10.00.